The summed E-state index contributed by atoms with van der Waals surface area (Å²) >= 11 is 1.52. The highest BCUT2D eigenvalue weighted by Crippen LogP contribution is 2.23. The van der Waals surface area contributed by atoms with Crippen LogP contribution in [-0.4, -0.2) is 68.1 Å². The molecule has 0 unspecified atom stereocenters. The van der Waals surface area contributed by atoms with Gasteiger partial charge in [0.15, 0.2) is 0 Å². The fourth-order valence-electron chi connectivity index (χ4n) is 3.16. The zero-order chi connectivity index (χ0) is 19.4. The minimum Gasteiger partial charge on any atom is -0.507 e. The highest BCUT2D eigenvalue weighted by atomic mass is 32.2. The lowest BCUT2D eigenvalue weighted by molar-refractivity contribution is -0.130. The Morgan fingerprint density at radius 1 is 1.37 bits per heavy atom. The lowest BCUT2D eigenvalue weighted by Gasteiger charge is -2.40. The maximum atomic E-state index is 12.8. The molecule has 8 heteroatoms. The monoisotopic (exact) mass is 388 g/mol. The molecule has 1 atom stereocenters. The number of aromatic hydroxyl groups is 1. The first-order valence-electron chi connectivity index (χ1n) is 8.90. The van der Waals surface area contributed by atoms with Crippen LogP contribution in [0.1, 0.15) is 28.7 Å². The number of aryl methyl sites for hydroxylation is 1. The normalized spacial score (nSPS) is 17.2. The third kappa shape index (κ3) is 4.63. The molecule has 0 radical (unpaired) electrons. The molecule has 0 aliphatic carbocycles. The van der Waals surface area contributed by atoms with Crippen molar-refractivity contribution < 1.29 is 14.7 Å². The first kappa shape index (κ1) is 19.3. The number of H-pyrrole nitrogens is 1. The van der Waals surface area contributed by atoms with E-state index >= 15 is 0 Å². The van der Waals surface area contributed by atoms with Gasteiger partial charge >= 0.3 is 0 Å². The number of amides is 2. The van der Waals surface area contributed by atoms with Crippen LogP contribution in [0, 0.1) is 6.92 Å². The average molecular weight is 388 g/mol. The molecule has 2 N–H and O–H groups in total. The SMILES string of the molecule is Cc1ccc(O)c(C(=O)N2CCN(C(=O)CSCc3ncc[nH]3)C[C@@H]2C)c1. The van der Waals surface area contributed by atoms with Crippen molar-refractivity contribution in [2.75, 3.05) is 25.4 Å². The summed E-state index contributed by atoms with van der Waals surface area (Å²) in [6.45, 7) is 5.28. The molecule has 144 valence electrons. The van der Waals surface area contributed by atoms with Crippen molar-refractivity contribution in [3.63, 3.8) is 0 Å². The molecule has 1 aliphatic rings. The summed E-state index contributed by atoms with van der Waals surface area (Å²) in [5.74, 6) is 1.78. The molecular formula is C19H24N4O3S. The minimum absolute atomic E-state index is 0.00867. The molecule has 27 heavy (non-hydrogen) atoms. The number of phenols is 1. The maximum Gasteiger partial charge on any atom is 0.257 e. The molecule has 0 spiro atoms. The topological polar surface area (TPSA) is 89.5 Å². The second kappa shape index (κ2) is 8.47. The molecule has 7 nitrogen and oxygen atoms in total. The van der Waals surface area contributed by atoms with Gasteiger partial charge in [-0.2, -0.15) is 0 Å². The molecule has 1 fully saturated rings. The fraction of sp³-hybridized carbons (Fsp3) is 0.421. The van der Waals surface area contributed by atoms with Crippen LogP contribution in [0.15, 0.2) is 30.6 Å². The number of thioether (sulfide) groups is 1. The van der Waals surface area contributed by atoms with Gasteiger partial charge in [-0.15, -0.1) is 11.8 Å². The van der Waals surface area contributed by atoms with Gasteiger partial charge in [-0.3, -0.25) is 9.59 Å². The van der Waals surface area contributed by atoms with Crippen LogP contribution in [0.5, 0.6) is 5.75 Å². The first-order valence-corrected chi connectivity index (χ1v) is 10.1. The summed E-state index contributed by atoms with van der Waals surface area (Å²) in [6.07, 6.45) is 3.46. The third-order valence-electron chi connectivity index (χ3n) is 4.64. The number of benzene rings is 1. The quantitative estimate of drug-likeness (QED) is 0.818. The smallest absolute Gasteiger partial charge is 0.257 e. The van der Waals surface area contributed by atoms with E-state index in [1.165, 1.54) is 11.8 Å². The number of carbonyl (C=O) groups is 2. The molecule has 0 bridgehead atoms. The number of nitrogens with zero attached hydrogens (tertiary/aromatic N) is 3. The predicted molar refractivity (Wildman–Crippen MR) is 105 cm³/mol. The van der Waals surface area contributed by atoms with Crippen LogP contribution in [0.25, 0.3) is 0 Å². The van der Waals surface area contributed by atoms with E-state index in [1.807, 2.05) is 13.8 Å². The van der Waals surface area contributed by atoms with Gasteiger partial charge in [-0.1, -0.05) is 11.6 Å². The second-order valence-electron chi connectivity index (χ2n) is 6.74. The van der Waals surface area contributed by atoms with Gasteiger partial charge in [0.25, 0.3) is 5.91 Å². The number of nitrogens with one attached hydrogen (secondary N) is 1. The van der Waals surface area contributed by atoms with Crippen molar-refractivity contribution in [2.45, 2.75) is 25.6 Å². The Labute approximate surface area is 162 Å². The van der Waals surface area contributed by atoms with Crippen LogP contribution in [0.4, 0.5) is 0 Å². The van der Waals surface area contributed by atoms with E-state index in [0.717, 1.165) is 11.4 Å². The van der Waals surface area contributed by atoms with Crippen molar-refractivity contribution in [3.8, 4) is 5.75 Å². The fourth-order valence-corrected chi connectivity index (χ4v) is 3.98. The average Bonchev–Trinajstić information content (AvgIpc) is 3.16. The summed E-state index contributed by atoms with van der Waals surface area (Å²) in [6, 6.07) is 4.91. The molecule has 3 rings (SSSR count). The minimum atomic E-state index is -0.192. The highest BCUT2D eigenvalue weighted by Gasteiger charge is 2.31. The second-order valence-corrected chi connectivity index (χ2v) is 7.72. The zero-order valence-corrected chi connectivity index (χ0v) is 16.3. The van der Waals surface area contributed by atoms with Crippen LogP contribution < -0.4 is 0 Å². The maximum absolute atomic E-state index is 12.8. The van der Waals surface area contributed by atoms with Crippen LogP contribution in [0.2, 0.25) is 0 Å². The Morgan fingerprint density at radius 2 is 2.19 bits per heavy atom. The Kier molecular flexibility index (Phi) is 6.05. The number of rotatable bonds is 5. The van der Waals surface area contributed by atoms with E-state index in [0.29, 0.717) is 36.7 Å². The van der Waals surface area contributed by atoms with Gasteiger partial charge in [0.2, 0.25) is 5.91 Å². The number of aromatic nitrogens is 2. The van der Waals surface area contributed by atoms with Crippen molar-refractivity contribution in [3.05, 3.63) is 47.5 Å². The zero-order valence-electron chi connectivity index (χ0n) is 15.5. The Morgan fingerprint density at radius 3 is 2.89 bits per heavy atom. The van der Waals surface area contributed by atoms with Gasteiger partial charge in [0.1, 0.15) is 11.6 Å². The number of carbonyl (C=O) groups excluding carboxylic acids is 2. The summed E-state index contributed by atoms with van der Waals surface area (Å²) in [5.41, 5.74) is 1.24. The van der Waals surface area contributed by atoms with Crippen molar-refractivity contribution in [1.29, 1.82) is 0 Å². The van der Waals surface area contributed by atoms with E-state index in [2.05, 4.69) is 9.97 Å². The molecule has 2 heterocycles. The molecule has 1 aliphatic heterocycles. The Hall–Kier alpha value is -2.48. The molecule has 2 amide bonds. The standard InChI is InChI=1S/C19H24N4O3S/c1-13-3-4-16(24)15(9-13)19(26)23-8-7-22(10-14(23)2)18(25)12-27-11-17-20-5-6-21-17/h3-6,9,14,24H,7-8,10-12H2,1-2H3,(H,20,21)/t14-/m0/s1. The number of phenolic OH excluding ortho intramolecular Hbond substituents is 1. The first-order chi connectivity index (χ1) is 13.0. The van der Waals surface area contributed by atoms with Gasteiger partial charge in [-0.25, -0.2) is 4.98 Å². The molecule has 0 saturated carbocycles. The van der Waals surface area contributed by atoms with Crippen LogP contribution in [0.3, 0.4) is 0 Å². The highest BCUT2D eigenvalue weighted by molar-refractivity contribution is 7.99. The summed E-state index contributed by atoms with van der Waals surface area (Å²) in [4.78, 5) is 36.0. The van der Waals surface area contributed by atoms with Crippen molar-refractivity contribution in [1.82, 2.24) is 19.8 Å². The Balaban J connectivity index is 1.54. The summed E-state index contributed by atoms with van der Waals surface area (Å²) < 4.78 is 0. The summed E-state index contributed by atoms with van der Waals surface area (Å²) in [5, 5.41) is 10.0. The van der Waals surface area contributed by atoms with Crippen LogP contribution >= 0.6 is 11.8 Å². The lowest BCUT2D eigenvalue weighted by Crippen LogP contribution is -2.55. The summed E-state index contributed by atoms with van der Waals surface area (Å²) in [7, 11) is 0. The van der Waals surface area contributed by atoms with E-state index in [1.54, 1.807) is 40.4 Å². The van der Waals surface area contributed by atoms with E-state index in [4.69, 9.17) is 0 Å². The third-order valence-corrected chi connectivity index (χ3v) is 5.57. The Bertz CT molecular complexity index is 809. The van der Waals surface area contributed by atoms with Crippen LogP contribution in [-0.2, 0) is 10.5 Å². The van der Waals surface area contributed by atoms with Gasteiger partial charge in [0.05, 0.1) is 17.1 Å². The van der Waals surface area contributed by atoms with Crippen molar-refractivity contribution in [2.24, 2.45) is 0 Å². The van der Waals surface area contributed by atoms with Crippen molar-refractivity contribution >= 4 is 23.6 Å². The largest absolute Gasteiger partial charge is 0.507 e. The lowest BCUT2D eigenvalue weighted by atomic mass is 10.1. The number of hydrogen-bond donors (Lipinski definition) is 2. The molecule has 2 aromatic rings. The van der Waals surface area contributed by atoms with E-state index in [9.17, 15) is 14.7 Å². The van der Waals surface area contributed by atoms with E-state index < -0.39 is 0 Å². The molecule has 1 aromatic heterocycles. The molecule has 1 saturated heterocycles. The number of aromatic amines is 1. The number of imidazole rings is 1. The number of hydrogen-bond acceptors (Lipinski definition) is 5. The van der Waals surface area contributed by atoms with Gasteiger partial charge in [0, 0.05) is 38.1 Å². The van der Waals surface area contributed by atoms with E-state index in [-0.39, 0.29) is 23.6 Å². The predicted octanol–water partition coefficient (Wildman–Crippen LogP) is 2.03. The number of piperazine rings is 1. The molecular weight excluding hydrogens is 364 g/mol. The van der Waals surface area contributed by atoms with Gasteiger partial charge < -0.3 is 19.9 Å². The van der Waals surface area contributed by atoms with Gasteiger partial charge in [-0.05, 0) is 26.0 Å². The molecule has 1 aromatic carbocycles.